The van der Waals surface area contributed by atoms with E-state index in [-0.39, 0.29) is 6.10 Å². The van der Waals surface area contributed by atoms with E-state index >= 15 is 0 Å². The number of nitrogens with zero attached hydrogens (tertiary/aromatic N) is 2. The van der Waals surface area contributed by atoms with E-state index in [0.717, 1.165) is 22.6 Å². The highest BCUT2D eigenvalue weighted by Crippen LogP contribution is 2.53. The van der Waals surface area contributed by atoms with Gasteiger partial charge in [0, 0.05) is 12.1 Å². The predicted molar refractivity (Wildman–Crippen MR) is 140 cm³/mol. The molecule has 0 saturated carbocycles. The van der Waals surface area contributed by atoms with Crippen molar-refractivity contribution in [3.63, 3.8) is 0 Å². The molecule has 0 atom stereocenters. The Morgan fingerprint density at radius 2 is 1.36 bits per heavy atom. The molecule has 0 aliphatic carbocycles. The zero-order chi connectivity index (χ0) is 23.9. The maximum absolute atomic E-state index is 6.19. The van der Waals surface area contributed by atoms with Crippen LogP contribution in [-0.2, 0) is 0 Å². The van der Waals surface area contributed by atoms with E-state index in [0.29, 0.717) is 12.1 Å². The van der Waals surface area contributed by atoms with Crippen LogP contribution in [0.5, 0.6) is 11.5 Å². The SMILES string of the molecule is COc1cccc(OC(C)C)c1-c1ccc2c(c1)N(C(C)C)c1c(C)cccc1N2C(C)C. The minimum Gasteiger partial charge on any atom is -0.496 e. The van der Waals surface area contributed by atoms with Crippen molar-refractivity contribution in [3.8, 4) is 22.6 Å². The molecule has 3 aromatic carbocycles. The Hall–Kier alpha value is -3.14. The van der Waals surface area contributed by atoms with Gasteiger partial charge in [0.1, 0.15) is 11.5 Å². The predicted octanol–water partition coefficient (Wildman–Crippen LogP) is 7.86. The molecule has 0 unspecified atom stereocenters. The van der Waals surface area contributed by atoms with Crippen LogP contribution in [0, 0.1) is 6.92 Å². The number of fused-ring (bicyclic) bond motifs is 2. The summed E-state index contributed by atoms with van der Waals surface area (Å²) in [5.41, 5.74) is 8.34. The second-order valence-corrected chi connectivity index (χ2v) is 9.57. The normalized spacial score (nSPS) is 12.9. The average Bonchev–Trinajstić information content (AvgIpc) is 2.76. The number of aryl methyl sites for hydroxylation is 1. The summed E-state index contributed by atoms with van der Waals surface area (Å²) in [5.74, 6) is 1.66. The van der Waals surface area contributed by atoms with E-state index in [1.807, 2.05) is 18.2 Å². The topological polar surface area (TPSA) is 24.9 Å². The van der Waals surface area contributed by atoms with Crippen LogP contribution in [0.4, 0.5) is 22.7 Å². The third-order valence-electron chi connectivity index (χ3n) is 6.10. The fraction of sp³-hybridized carbons (Fsp3) is 0.379. The lowest BCUT2D eigenvalue weighted by Crippen LogP contribution is -2.37. The molecular formula is C29H36N2O2. The lowest BCUT2D eigenvalue weighted by Gasteiger charge is -2.45. The van der Waals surface area contributed by atoms with Crippen LogP contribution in [0.3, 0.4) is 0 Å². The van der Waals surface area contributed by atoms with Gasteiger partial charge >= 0.3 is 0 Å². The molecule has 0 N–H and O–H groups in total. The van der Waals surface area contributed by atoms with Crippen molar-refractivity contribution >= 4 is 22.7 Å². The number of ether oxygens (including phenoxy) is 2. The fourth-order valence-corrected chi connectivity index (χ4v) is 4.89. The van der Waals surface area contributed by atoms with E-state index in [2.05, 4.69) is 94.7 Å². The van der Waals surface area contributed by atoms with Crippen LogP contribution in [0.15, 0.2) is 54.6 Å². The minimum absolute atomic E-state index is 0.0756. The molecule has 4 heteroatoms. The quantitative estimate of drug-likeness (QED) is 0.386. The molecule has 0 amide bonds. The highest BCUT2D eigenvalue weighted by molar-refractivity contribution is 5.97. The first-order chi connectivity index (χ1) is 15.7. The van der Waals surface area contributed by atoms with Crippen molar-refractivity contribution in [1.82, 2.24) is 0 Å². The zero-order valence-electron chi connectivity index (χ0n) is 21.1. The third kappa shape index (κ3) is 4.03. The van der Waals surface area contributed by atoms with E-state index in [1.54, 1.807) is 7.11 Å². The molecule has 3 aromatic rings. The summed E-state index contributed by atoms with van der Waals surface area (Å²) >= 11 is 0. The Labute approximate surface area is 198 Å². The van der Waals surface area contributed by atoms with E-state index in [9.17, 15) is 0 Å². The molecule has 0 saturated heterocycles. The Kier molecular flexibility index (Phi) is 6.29. The second-order valence-electron chi connectivity index (χ2n) is 9.57. The van der Waals surface area contributed by atoms with E-state index in [1.165, 1.54) is 28.3 Å². The van der Waals surface area contributed by atoms with Crippen molar-refractivity contribution in [3.05, 3.63) is 60.2 Å². The average molecular weight is 445 g/mol. The number of para-hydroxylation sites is 1. The summed E-state index contributed by atoms with van der Waals surface area (Å²) in [5, 5.41) is 0. The van der Waals surface area contributed by atoms with Gasteiger partial charge in [0.25, 0.3) is 0 Å². The van der Waals surface area contributed by atoms with Gasteiger partial charge in [-0.25, -0.2) is 0 Å². The molecule has 0 fully saturated rings. The third-order valence-corrected chi connectivity index (χ3v) is 6.10. The highest BCUT2D eigenvalue weighted by Gasteiger charge is 2.32. The summed E-state index contributed by atoms with van der Waals surface area (Å²) in [6.07, 6.45) is 0.0756. The first-order valence-electron chi connectivity index (χ1n) is 11.9. The maximum atomic E-state index is 6.19. The Morgan fingerprint density at radius 1 is 0.697 bits per heavy atom. The largest absolute Gasteiger partial charge is 0.496 e. The van der Waals surface area contributed by atoms with Crippen LogP contribution in [0.25, 0.3) is 11.1 Å². The number of methoxy groups -OCH3 is 1. The summed E-state index contributed by atoms with van der Waals surface area (Å²) in [6, 6.07) is 20.0. The van der Waals surface area contributed by atoms with E-state index < -0.39 is 0 Å². The standard InChI is InChI=1S/C29H36N2O2/c1-18(2)30-23-16-15-22(28-26(32-8)13-10-14-27(28)33-20(5)6)17-25(23)31(19(3)4)29-21(7)11-9-12-24(29)30/h9-20H,1-8H3. The first-order valence-corrected chi connectivity index (χ1v) is 11.9. The Bertz CT molecular complexity index is 1150. The smallest absolute Gasteiger partial charge is 0.131 e. The maximum Gasteiger partial charge on any atom is 0.131 e. The van der Waals surface area contributed by atoms with Crippen LogP contribution in [0.1, 0.15) is 47.1 Å². The van der Waals surface area contributed by atoms with Crippen molar-refractivity contribution < 1.29 is 9.47 Å². The summed E-state index contributed by atoms with van der Waals surface area (Å²) in [7, 11) is 1.72. The van der Waals surface area contributed by atoms with E-state index in [4.69, 9.17) is 9.47 Å². The van der Waals surface area contributed by atoms with Gasteiger partial charge in [-0.2, -0.15) is 0 Å². The molecule has 1 heterocycles. The Balaban J connectivity index is 1.98. The molecule has 0 bridgehead atoms. The van der Waals surface area contributed by atoms with Gasteiger partial charge in [-0.15, -0.1) is 0 Å². The number of rotatable bonds is 6. The van der Waals surface area contributed by atoms with Gasteiger partial charge in [-0.1, -0.05) is 24.3 Å². The summed E-state index contributed by atoms with van der Waals surface area (Å²) in [6.45, 7) is 15.3. The monoisotopic (exact) mass is 444 g/mol. The van der Waals surface area contributed by atoms with Crippen LogP contribution in [0.2, 0.25) is 0 Å². The molecule has 0 aromatic heterocycles. The molecule has 174 valence electrons. The van der Waals surface area contributed by atoms with Gasteiger partial charge in [-0.3, -0.25) is 0 Å². The van der Waals surface area contributed by atoms with Gasteiger partial charge in [0.15, 0.2) is 0 Å². The van der Waals surface area contributed by atoms with Crippen molar-refractivity contribution in [2.75, 3.05) is 16.9 Å². The lowest BCUT2D eigenvalue weighted by atomic mass is 9.96. The van der Waals surface area contributed by atoms with Gasteiger partial charge < -0.3 is 19.3 Å². The molecule has 33 heavy (non-hydrogen) atoms. The molecule has 0 spiro atoms. The zero-order valence-corrected chi connectivity index (χ0v) is 21.1. The van der Waals surface area contributed by atoms with Gasteiger partial charge in [0.05, 0.1) is 41.5 Å². The van der Waals surface area contributed by atoms with Gasteiger partial charge in [0.2, 0.25) is 0 Å². The lowest BCUT2D eigenvalue weighted by molar-refractivity contribution is 0.242. The number of anilines is 4. The van der Waals surface area contributed by atoms with Gasteiger partial charge in [-0.05, 0) is 89.9 Å². The van der Waals surface area contributed by atoms with Crippen molar-refractivity contribution in [2.45, 2.75) is 66.7 Å². The van der Waals surface area contributed by atoms with Crippen LogP contribution >= 0.6 is 0 Å². The molecule has 1 aliphatic heterocycles. The Morgan fingerprint density at radius 3 is 2.00 bits per heavy atom. The van der Waals surface area contributed by atoms with Crippen molar-refractivity contribution in [1.29, 1.82) is 0 Å². The number of benzene rings is 3. The molecule has 4 rings (SSSR count). The fourth-order valence-electron chi connectivity index (χ4n) is 4.89. The number of hydrogen-bond acceptors (Lipinski definition) is 4. The highest BCUT2D eigenvalue weighted by atomic mass is 16.5. The number of hydrogen-bond donors (Lipinski definition) is 0. The second kappa shape index (κ2) is 9.01. The molecule has 4 nitrogen and oxygen atoms in total. The van der Waals surface area contributed by atoms with Crippen molar-refractivity contribution in [2.24, 2.45) is 0 Å². The molecule has 1 aliphatic rings. The van der Waals surface area contributed by atoms with Crippen LogP contribution in [-0.4, -0.2) is 25.3 Å². The summed E-state index contributed by atoms with van der Waals surface area (Å²) < 4.78 is 12.0. The first kappa shape index (κ1) is 23.0. The molecule has 0 radical (unpaired) electrons. The van der Waals surface area contributed by atoms with Crippen LogP contribution < -0.4 is 19.3 Å². The summed E-state index contributed by atoms with van der Waals surface area (Å²) in [4.78, 5) is 4.93. The molecular weight excluding hydrogens is 408 g/mol. The minimum atomic E-state index is 0.0756.